The van der Waals surface area contributed by atoms with E-state index >= 15 is 0 Å². The smallest absolute Gasteiger partial charge is 0.193 e. The first-order chi connectivity index (χ1) is 12.0. The van der Waals surface area contributed by atoms with Crippen LogP contribution in [-0.2, 0) is 4.74 Å². The Balaban J connectivity index is 1.90. The lowest BCUT2D eigenvalue weighted by Crippen LogP contribution is -2.47. The van der Waals surface area contributed by atoms with E-state index < -0.39 is 0 Å². The van der Waals surface area contributed by atoms with Crippen LogP contribution in [0.25, 0.3) is 0 Å². The van der Waals surface area contributed by atoms with E-state index in [0.717, 1.165) is 37.7 Å². The van der Waals surface area contributed by atoms with Crippen molar-refractivity contribution in [1.82, 2.24) is 4.90 Å². The van der Waals surface area contributed by atoms with Gasteiger partial charge in [0.05, 0.1) is 25.9 Å². The molecule has 0 aliphatic carbocycles. The molecule has 3 N–H and O–H groups in total. The number of benzene rings is 1. The molecule has 0 amide bonds. The molecule has 2 rings (SSSR count). The molecule has 1 aliphatic heterocycles. The first kappa shape index (κ1) is 19.5. The fourth-order valence-electron chi connectivity index (χ4n) is 2.93. The van der Waals surface area contributed by atoms with Gasteiger partial charge in [0.1, 0.15) is 5.75 Å². The van der Waals surface area contributed by atoms with Crippen molar-refractivity contribution in [2.45, 2.75) is 39.8 Å². The van der Waals surface area contributed by atoms with Crippen molar-refractivity contribution in [2.75, 3.05) is 38.2 Å². The summed E-state index contributed by atoms with van der Waals surface area (Å²) in [6, 6.07) is 8.14. The van der Waals surface area contributed by atoms with Gasteiger partial charge in [-0.2, -0.15) is 0 Å². The second kappa shape index (κ2) is 9.63. The Morgan fingerprint density at radius 3 is 2.40 bits per heavy atom. The molecule has 0 saturated carbocycles. The van der Waals surface area contributed by atoms with Crippen molar-refractivity contribution < 1.29 is 9.47 Å². The number of ether oxygens (including phenoxy) is 2. The third kappa shape index (κ3) is 6.55. The Morgan fingerprint density at radius 1 is 1.20 bits per heavy atom. The number of anilines is 1. The Labute approximate surface area is 151 Å². The van der Waals surface area contributed by atoms with Crippen LogP contribution < -0.4 is 15.8 Å². The average Bonchev–Trinajstić information content (AvgIpc) is 2.57. The number of aliphatic imine (C=N–C) groups is 1. The number of rotatable bonds is 7. The van der Waals surface area contributed by atoms with Gasteiger partial charge in [-0.25, -0.2) is 0 Å². The van der Waals surface area contributed by atoms with Crippen LogP contribution in [0.15, 0.2) is 29.3 Å². The van der Waals surface area contributed by atoms with E-state index in [1.54, 1.807) is 0 Å². The maximum Gasteiger partial charge on any atom is 0.193 e. The van der Waals surface area contributed by atoms with Crippen LogP contribution in [0.4, 0.5) is 5.69 Å². The molecule has 1 unspecified atom stereocenters. The van der Waals surface area contributed by atoms with E-state index in [4.69, 9.17) is 15.2 Å². The molecule has 1 aromatic carbocycles. The summed E-state index contributed by atoms with van der Waals surface area (Å²) in [4.78, 5) is 7.00. The summed E-state index contributed by atoms with van der Waals surface area (Å²) in [6.07, 6.45) is 0.165. The summed E-state index contributed by atoms with van der Waals surface area (Å²) >= 11 is 0. The Kier molecular flexibility index (Phi) is 7.52. The Hall–Kier alpha value is -1.79. The maximum absolute atomic E-state index is 6.07. The molecule has 1 aromatic rings. The molecule has 1 saturated heterocycles. The number of hydrogen-bond acceptors (Lipinski definition) is 4. The van der Waals surface area contributed by atoms with Gasteiger partial charge in [-0.05, 0) is 44.0 Å². The zero-order valence-corrected chi connectivity index (χ0v) is 15.9. The minimum Gasteiger partial charge on any atom is -0.491 e. The number of hydrogen-bond donors (Lipinski definition) is 2. The quantitative estimate of drug-likeness (QED) is 0.585. The van der Waals surface area contributed by atoms with Gasteiger partial charge in [-0.3, -0.25) is 9.89 Å². The molecule has 25 heavy (non-hydrogen) atoms. The monoisotopic (exact) mass is 348 g/mol. The Bertz CT molecular complexity index is 537. The number of nitrogens with one attached hydrogen (secondary N) is 1. The summed E-state index contributed by atoms with van der Waals surface area (Å²) in [7, 11) is 0. The molecule has 1 aliphatic rings. The predicted molar refractivity (Wildman–Crippen MR) is 103 cm³/mol. The van der Waals surface area contributed by atoms with Gasteiger partial charge < -0.3 is 20.5 Å². The average molecular weight is 348 g/mol. The molecular formula is C19H32N4O2. The van der Waals surface area contributed by atoms with Crippen LogP contribution in [0, 0.1) is 5.92 Å². The van der Waals surface area contributed by atoms with Gasteiger partial charge in [0.2, 0.25) is 0 Å². The summed E-state index contributed by atoms with van der Waals surface area (Å²) in [6.45, 7) is 12.7. The van der Waals surface area contributed by atoms with Gasteiger partial charge >= 0.3 is 0 Å². The first-order valence-corrected chi connectivity index (χ1v) is 9.11. The summed E-state index contributed by atoms with van der Waals surface area (Å²) < 4.78 is 11.1. The van der Waals surface area contributed by atoms with E-state index in [9.17, 15) is 0 Å². The third-order valence-electron chi connectivity index (χ3n) is 4.23. The van der Waals surface area contributed by atoms with E-state index in [2.05, 4.69) is 29.1 Å². The zero-order valence-electron chi connectivity index (χ0n) is 15.9. The number of morpholine rings is 1. The third-order valence-corrected chi connectivity index (χ3v) is 4.23. The minimum absolute atomic E-state index is 0.165. The van der Waals surface area contributed by atoms with Crippen LogP contribution in [0.1, 0.15) is 27.7 Å². The molecule has 0 aromatic heterocycles. The molecule has 1 heterocycles. The van der Waals surface area contributed by atoms with E-state index in [0.29, 0.717) is 24.5 Å². The fourth-order valence-corrected chi connectivity index (χ4v) is 2.93. The summed E-state index contributed by atoms with van der Waals surface area (Å²) in [5.74, 6) is 1.81. The number of nitrogens with two attached hydrogens (primary N) is 1. The summed E-state index contributed by atoms with van der Waals surface area (Å²) in [5, 5.41) is 3.15. The topological polar surface area (TPSA) is 72.1 Å². The molecule has 6 heteroatoms. The number of nitrogens with zero attached hydrogens (tertiary/aromatic N) is 2. The van der Waals surface area contributed by atoms with E-state index in [1.807, 2.05) is 38.1 Å². The molecule has 1 atom stereocenters. The lowest BCUT2D eigenvalue weighted by molar-refractivity contribution is 0.00870. The van der Waals surface area contributed by atoms with Crippen LogP contribution >= 0.6 is 0 Å². The molecule has 140 valence electrons. The van der Waals surface area contributed by atoms with Gasteiger partial charge in [0, 0.05) is 24.8 Å². The van der Waals surface area contributed by atoms with Crippen LogP contribution in [-0.4, -0.2) is 55.9 Å². The van der Waals surface area contributed by atoms with Gasteiger partial charge in [0.15, 0.2) is 5.96 Å². The highest BCUT2D eigenvalue weighted by atomic mass is 16.5. The van der Waals surface area contributed by atoms with Gasteiger partial charge in [-0.1, -0.05) is 13.8 Å². The molecule has 0 radical (unpaired) electrons. The first-order valence-electron chi connectivity index (χ1n) is 9.11. The highest BCUT2D eigenvalue weighted by Crippen LogP contribution is 2.17. The van der Waals surface area contributed by atoms with E-state index in [-0.39, 0.29) is 6.10 Å². The second-order valence-electron chi connectivity index (χ2n) is 7.00. The number of guanidine groups is 1. The highest BCUT2D eigenvalue weighted by Gasteiger charge is 2.23. The van der Waals surface area contributed by atoms with Crippen molar-refractivity contribution in [3.63, 3.8) is 0 Å². The molecule has 0 spiro atoms. The largest absolute Gasteiger partial charge is 0.491 e. The van der Waals surface area contributed by atoms with Crippen molar-refractivity contribution in [2.24, 2.45) is 16.6 Å². The van der Waals surface area contributed by atoms with E-state index in [1.165, 1.54) is 0 Å². The summed E-state index contributed by atoms with van der Waals surface area (Å²) in [5.41, 5.74) is 6.97. The molecular weight excluding hydrogens is 316 g/mol. The minimum atomic E-state index is 0.165. The standard InChI is InChI=1S/C19H32N4O2/c1-14(2)18(23-9-11-24-12-10-23)13-21-19(20)22-16-5-7-17(8-6-16)25-15(3)4/h5-8,14-15,18H,9-13H2,1-4H3,(H3,20,21,22). The molecule has 6 nitrogen and oxygen atoms in total. The normalized spacial score (nSPS) is 17.8. The van der Waals surface area contributed by atoms with Crippen LogP contribution in [0.3, 0.4) is 0 Å². The lowest BCUT2D eigenvalue weighted by Gasteiger charge is -2.36. The van der Waals surface area contributed by atoms with Crippen LogP contribution in [0.5, 0.6) is 5.75 Å². The lowest BCUT2D eigenvalue weighted by atomic mass is 10.0. The zero-order chi connectivity index (χ0) is 18.2. The fraction of sp³-hybridized carbons (Fsp3) is 0.632. The maximum atomic E-state index is 6.07. The van der Waals surface area contributed by atoms with Crippen LogP contribution in [0.2, 0.25) is 0 Å². The predicted octanol–water partition coefficient (Wildman–Crippen LogP) is 2.56. The second-order valence-corrected chi connectivity index (χ2v) is 7.00. The van der Waals surface area contributed by atoms with Gasteiger partial charge in [-0.15, -0.1) is 0 Å². The van der Waals surface area contributed by atoms with Crippen molar-refractivity contribution >= 4 is 11.6 Å². The highest BCUT2D eigenvalue weighted by molar-refractivity contribution is 5.92. The SMILES string of the molecule is CC(C)Oc1ccc(NC(N)=NCC(C(C)C)N2CCOCC2)cc1. The van der Waals surface area contributed by atoms with Gasteiger partial charge in [0.25, 0.3) is 0 Å². The van der Waals surface area contributed by atoms with Crippen molar-refractivity contribution in [3.8, 4) is 5.75 Å². The molecule has 0 bridgehead atoms. The van der Waals surface area contributed by atoms with Crippen molar-refractivity contribution in [1.29, 1.82) is 0 Å². The molecule has 1 fully saturated rings. The Morgan fingerprint density at radius 2 is 1.84 bits per heavy atom. The van der Waals surface area contributed by atoms with Crippen molar-refractivity contribution in [3.05, 3.63) is 24.3 Å².